The summed E-state index contributed by atoms with van der Waals surface area (Å²) in [5, 5.41) is 18.8. The zero-order chi connectivity index (χ0) is 12.6. The van der Waals surface area contributed by atoms with Crippen LogP contribution in [0, 0.1) is 23.0 Å². The van der Waals surface area contributed by atoms with Gasteiger partial charge in [0.1, 0.15) is 0 Å². The van der Waals surface area contributed by atoms with E-state index in [2.05, 4.69) is 4.74 Å². The highest BCUT2D eigenvalue weighted by Crippen LogP contribution is 2.48. The summed E-state index contributed by atoms with van der Waals surface area (Å²) in [5.41, 5.74) is -0.944. The first-order chi connectivity index (χ1) is 8.05. The van der Waals surface area contributed by atoms with Crippen molar-refractivity contribution in [2.45, 2.75) is 24.7 Å². The van der Waals surface area contributed by atoms with Crippen LogP contribution < -0.4 is 4.74 Å². The molecule has 0 atom stereocenters. The maximum absolute atomic E-state index is 13.6. The summed E-state index contributed by atoms with van der Waals surface area (Å²) in [6.07, 6.45) is 1.81. The molecule has 0 spiro atoms. The molecule has 1 aromatic rings. The fourth-order valence-corrected chi connectivity index (χ4v) is 2.11. The largest absolute Gasteiger partial charge is 0.504 e. The molecule has 1 saturated carbocycles. The molecule has 90 valence electrons. The van der Waals surface area contributed by atoms with E-state index in [0.717, 1.165) is 19.6 Å². The van der Waals surface area contributed by atoms with Crippen molar-refractivity contribution in [1.82, 2.24) is 0 Å². The van der Waals surface area contributed by atoms with Gasteiger partial charge in [-0.2, -0.15) is 9.65 Å². The summed E-state index contributed by atoms with van der Waals surface area (Å²) in [6.45, 7) is 0. The highest BCUT2D eigenvalue weighted by Gasteiger charge is 2.42. The first-order valence-corrected chi connectivity index (χ1v) is 5.22. The third-order valence-electron chi connectivity index (χ3n) is 3.29. The number of benzene rings is 1. The van der Waals surface area contributed by atoms with Gasteiger partial charge < -0.3 is 9.84 Å². The summed E-state index contributed by atoms with van der Waals surface area (Å²) in [4.78, 5) is 0. The number of phenolic OH excluding ortho intramolecular Hbond substituents is 1. The zero-order valence-corrected chi connectivity index (χ0v) is 9.26. The number of phenols is 1. The van der Waals surface area contributed by atoms with Crippen molar-refractivity contribution < 1.29 is 18.6 Å². The van der Waals surface area contributed by atoms with Gasteiger partial charge in [-0.15, -0.1) is 0 Å². The molecular weight excluding hydrogens is 228 g/mol. The van der Waals surface area contributed by atoms with Gasteiger partial charge in [-0.25, -0.2) is 4.39 Å². The minimum atomic E-state index is -1.15. The van der Waals surface area contributed by atoms with Gasteiger partial charge >= 0.3 is 0 Å². The van der Waals surface area contributed by atoms with E-state index in [0.29, 0.717) is 12.8 Å². The number of methoxy groups -OCH3 is 1. The second kappa shape index (κ2) is 3.88. The molecule has 2 rings (SSSR count). The maximum atomic E-state index is 13.6. The molecule has 0 heterocycles. The van der Waals surface area contributed by atoms with Crippen molar-refractivity contribution in [3.05, 3.63) is 23.3 Å². The molecule has 1 aliphatic rings. The Labute approximate surface area is 97.2 Å². The van der Waals surface area contributed by atoms with Crippen LogP contribution >= 0.6 is 0 Å². The lowest BCUT2D eigenvalue weighted by Gasteiger charge is -2.36. The topological polar surface area (TPSA) is 53.2 Å². The molecule has 0 unspecified atom stereocenters. The van der Waals surface area contributed by atoms with Crippen LogP contribution in [0.15, 0.2) is 6.07 Å². The summed E-state index contributed by atoms with van der Waals surface area (Å²) in [6, 6.07) is 3.02. The normalized spacial score (nSPS) is 17.1. The van der Waals surface area contributed by atoms with Gasteiger partial charge in [-0.1, -0.05) is 0 Å². The highest BCUT2D eigenvalue weighted by atomic mass is 19.1. The van der Waals surface area contributed by atoms with Gasteiger partial charge in [0.25, 0.3) is 0 Å². The maximum Gasteiger partial charge on any atom is 0.209 e. The summed E-state index contributed by atoms with van der Waals surface area (Å²) < 4.78 is 31.7. The monoisotopic (exact) mass is 239 g/mol. The van der Waals surface area contributed by atoms with E-state index in [1.165, 1.54) is 0 Å². The molecule has 0 aliphatic heterocycles. The third-order valence-corrected chi connectivity index (χ3v) is 3.29. The van der Waals surface area contributed by atoms with Gasteiger partial charge in [-0.05, 0) is 25.3 Å². The van der Waals surface area contributed by atoms with Crippen LogP contribution in [0.25, 0.3) is 0 Å². The predicted octanol–water partition coefficient (Wildman–Crippen LogP) is 2.62. The van der Waals surface area contributed by atoms with Crippen LogP contribution in [0.1, 0.15) is 24.8 Å². The van der Waals surface area contributed by atoms with E-state index in [1.54, 1.807) is 0 Å². The van der Waals surface area contributed by atoms with E-state index in [9.17, 15) is 13.9 Å². The van der Waals surface area contributed by atoms with Gasteiger partial charge in [0.05, 0.1) is 18.6 Å². The van der Waals surface area contributed by atoms with Crippen molar-refractivity contribution in [3.63, 3.8) is 0 Å². The number of ether oxygens (including phenoxy) is 1. The van der Waals surface area contributed by atoms with Crippen molar-refractivity contribution in [2.75, 3.05) is 7.11 Å². The van der Waals surface area contributed by atoms with Crippen molar-refractivity contribution in [1.29, 1.82) is 5.26 Å². The lowest BCUT2D eigenvalue weighted by molar-refractivity contribution is 0.295. The quantitative estimate of drug-likeness (QED) is 0.863. The predicted molar refractivity (Wildman–Crippen MR) is 55.7 cm³/mol. The van der Waals surface area contributed by atoms with E-state index in [1.807, 2.05) is 6.07 Å². The highest BCUT2D eigenvalue weighted by molar-refractivity contribution is 5.50. The first kappa shape index (κ1) is 11.6. The molecule has 0 bridgehead atoms. The number of hydrogen-bond donors (Lipinski definition) is 1. The van der Waals surface area contributed by atoms with Crippen LogP contribution in [0.4, 0.5) is 8.78 Å². The Balaban J connectivity index is 2.61. The minimum absolute atomic E-state index is 0.0158. The number of aromatic hydroxyl groups is 1. The van der Waals surface area contributed by atoms with Crippen molar-refractivity contribution in [2.24, 2.45) is 0 Å². The summed E-state index contributed by atoms with van der Waals surface area (Å²) in [5.74, 6) is -3.37. The summed E-state index contributed by atoms with van der Waals surface area (Å²) in [7, 11) is 1.12. The lowest BCUT2D eigenvalue weighted by Crippen LogP contribution is -2.32. The Hall–Kier alpha value is -1.83. The molecule has 3 nitrogen and oxygen atoms in total. The molecule has 17 heavy (non-hydrogen) atoms. The Kier molecular flexibility index (Phi) is 2.66. The number of halogens is 2. The second-order valence-corrected chi connectivity index (χ2v) is 4.15. The molecule has 0 radical (unpaired) electrons. The Bertz CT molecular complexity index is 504. The molecular formula is C12H11F2NO2. The molecule has 1 aliphatic carbocycles. The van der Waals surface area contributed by atoms with Crippen molar-refractivity contribution >= 4 is 0 Å². The number of nitrogens with zero attached hydrogens (tertiary/aromatic N) is 1. The van der Waals surface area contributed by atoms with Crippen LogP contribution in [0.2, 0.25) is 0 Å². The van der Waals surface area contributed by atoms with Crippen LogP contribution in [-0.2, 0) is 5.41 Å². The van der Waals surface area contributed by atoms with Gasteiger partial charge in [0.15, 0.2) is 17.3 Å². The summed E-state index contributed by atoms with van der Waals surface area (Å²) >= 11 is 0. The van der Waals surface area contributed by atoms with Crippen LogP contribution in [-0.4, -0.2) is 12.2 Å². The number of hydrogen-bond acceptors (Lipinski definition) is 3. The van der Waals surface area contributed by atoms with Gasteiger partial charge in [0.2, 0.25) is 5.82 Å². The number of nitriles is 1. The molecule has 0 saturated heterocycles. The number of rotatable bonds is 2. The zero-order valence-electron chi connectivity index (χ0n) is 9.26. The average molecular weight is 239 g/mol. The molecule has 0 amide bonds. The smallest absolute Gasteiger partial charge is 0.209 e. The molecule has 5 heteroatoms. The minimum Gasteiger partial charge on any atom is -0.504 e. The van der Waals surface area contributed by atoms with Crippen LogP contribution in [0.5, 0.6) is 11.5 Å². The van der Waals surface area contributed by atoms with E-state index >= 15 is 0 Å². The van der Waals surface area contributed by atoms with Gasteiger partial charge in [0, 0.05) is 5.56 Å². The Morgan fingerprint density at radius 3 is 2.53 bits per heavy atom. The van der Waals surface area contributed by atoms with E-state index < -0.39 is 28.5 Å². The lowest BCUT2D eigenvalue weighted by atomic mass is 9.65. The SMILES string of the molecule is COc1c(F)cc(C2(C#N)CCC2)c(O)c1F. The average Bonchev–Trinajstić information content (AvgIpc) is 2.25. The van der Waals surface area contributed by atoms with E-state index in [-0.39, 0.29) is 5.56 Å². The Morgan fingerprint density at radius 1 is 1.47 bits per heavy atom. The van der Waals surface area contributed by atoms with Gasteiger partial charge in [-0.3, -0.25) is 0 Å². The standard InChI is InChI=1S/C12H11F2NO2/c1-17-11-8(13)5-7(10(16)9(11)14)12(6-15)3-2-4-12/h5,16H,2-4H2,1H3. The molecule has 0 aromatic heterocycles. The first-order valence-electron chi connectivity index (χ1n) is 5.22. The molecule has 1 fully saturated rings. The molecule has 1 aromatic carbocycles. The fraction of sp³-hybridized carbons (Fsp3) is 0.417. The van der Waals surface area contributed by atoms with Crippen LogP contribution in [0.3, 0.4) is 0 Å². The molecule has 1 N–H and O–H groups in total. The van der Waals surface area contributed by atoms with E-state index in [4.69, 9.17) is 5.26 Å². The van der Waals surface area contributed by atoms with Crippen molar-refractivity contribution in [3.8, 4) is 17.6 Å². The third kappa shape index (κ3) is 1.52. The second-order valence-electron chi connectivity index (χ2n) is 4.15. The Morgan fingerprint density at radius 2 is 2.12 bits per heavy atom. The fourth-order valence-electron chi connectivity index (χ4n) is 2.11.